The summed E-state index contributed by atoms with van der Waals surface area (Å²) in [7, 11) is 0. The summed E-state index contributed by atoms with van der Waals surface area (Å²) in [5.74, 6) is -1.04. The molecular weight excluding hydrogens is 415 g/mol. The predicted molar refractivity (Wildman–Crippen MR) is 121 cm³/mol. The van der Waals surface area contributed by atoms with Gasteiger partial charge in [0.1, 0.15) is 0 Å². The van der Waals surface area contributed by atoms with Crippen molar-refractivity contribution in [3.63, 3.8) is 0 Å². The van der Waals surface area contributed by atoms with Crippen molar-refractivity contribution in [1.82, 2.24) is 4.90 Å². The van der Waals surface area contributed by atoms with Gasteiger partial charge in [0.25, 0.3) is 0 Å². The third-order valence-electron chi connectivity index (χ3n) is 6.34. The summed E-state index contributed by atoms with van der Waals surface area (Å²) in [4.78, 5) is 16.5. The molecule has 4 rings (SSSR count). The molecule has 2 aliphatic heterocycles. The van der Waals surface area contributed by atoms with Crippen molar-refractivity contribution in [1.29, 1.82) is 0 Å². The molecule has 172 valence electrons. The van der Waals surface area contributed by atoms with Crippen molar-refractivity contribution >= 4 is 23.0 Å². The number of hydrogen-bond donors (Lipinski definition) is 1. The number of benzene rings is 2. The molecule has 1 saturated heterocycles. The molecule has 0 radical (unpaired) electrons. The Hall–Kier alpha value is -2.70. The SMILES string of the molecule is CC(C)(C)C(=O)N1Cc2ccc(Nc3ccc(N4CCC(C(F)(F)F)CC4)cc3)cc2C1. The van der Waals surface area contributed by atoms with Crippen LogP contribution >= 0.6 is 0 Å². The number of anilines is 3. The van der Waals surface area contributed by atoms with Crippen LogP contribution in [0.15, 0.2) is 42.5 Å². The van der Waals surface area contributed by atoms with E-state index in [-0.39, 0.29) is 18.7 Å². The molecular formula is C25H30F3N3O. The maximum Gasteiger partial charge on any atom is 0.391 e. The molecule has 32 heavy (non-hydrogen) atoms. The topological polar surface area (TPSA) is 35.6 Å². The number of nitrogens with one attached hydrogen (secondary N) is 1. The molecule has 0 spiro atoms. The van der Waals surface area contributed by atoms with Gasteiger partial charge < -0.3 is 15.1 Å². The Morgan fingerprint density at radius 2 is 1.50 bits per heavy atom. The Balaban J connectivity index is 1.37. The quantitative estimate of drug-likeness (QED) is 0.620. The van der Waals surface area contributed by atoms with E-state index in [2.05, 4.69) is 17.4 Å². The van der Waals surface area contributed by atoms with E-state index in [4.69, 9.17) is 0 Å². The van der Waals surface area contributed by atoms with Crippen molar-refractivity contribution in [2.45, 2.75) is 52.9 Å². The summed E-state index contributed by atoms with van der Waals surface area (Å²) in [6.45, 7) is 7.92. The highest BCUT2D eigenvalue weighted by Crippen LogP contribution is 2.36. The van der Waals surface area contributed by atoms with Gasteiger partial charge in [0, 0.05) is 48.7 Å². The number of nitrogens with zero attached hydrogens (tertiary/aromatic N) is 2. The summed E-state index contributed by atoms with van der Waals surface area (Å²) in [6, 6.07) is 14.0. The summed E-state index contributed by atoms with van der Waals surface area (Å²) in [6.07, 6.45) is -3.80. The molecule has 2 heterocycles. The zero-order chi connectivity index (χ0) is 23.1. The van der Waals surface area contributed by atoms with Gasteiger partial charge in [-0.3, -0.25) is 4.79 Å². The van der Waals surface area contributed by atoms with E-state index in [9.17, 15) is 18.0 Å². The molecule has 4 nitrogen and oxygen atoms in total. The summed E-state index contributed by atoms with van der Waals surface area (Å²) in [5.41, 5.74) is 4.74. The van der Waals surface area contributed by atoms with E-state index >= 15 is 0 Å². The van der Waals surface area contributed by atoms with Crippen molar-refractivity contribution in [2.24, 2.45) is 11.3 Å². The number of hydrogen-bond acceptors (Lipinski definition) is 3. The van der Waals surface area contributed by atoms with Gasteiger partial charge in [0.05, 0.1) is 5.92 Å². The fourth-order valence-electron chi connectivity index (χ4n) is 4.48. The maximum atomic E-state index is 12.9. The second kappa shape index (κ2) is 8.34. The van der Waals surface area contributed by atoms with Crippen LogP contribution in [0.3, 0.4) is 0 Å². The third-order valence-corrected chi connectivity index (χ3v) is 6.34. The lowest BCUT2D eigenvalue weighted by Gasteiger charge is -2.34. The number of rotatable bonds is 3. The van der Waals surface area contributed by atoms with Gasteiger partial charge in [-0.05, 0) is 60.4 Å². The lowest BCUT2D eigenvalue weighted by molar-refractivity contribution is -0.179. The van der Waals surface area contributed by atoms with Crippen molar-refractivity contribution < 1.29 is 18.0 Å². The highest BCUT2D eigenvalue weighted by Gasteiger charge is 2.41. The highest BCUT2D eigenvalue weighted by molar-refractivity contribution is 5.82. The third kappa shape index (κ3) is 4.87. The molecule has 0 aliphatic carbocycles. The van der Waals surface area contributed by atoms with E-state index in [1.165, 1.54) is 5.56 Å². The minimum Gasteiger partial charge on any atom is -0.372 e. The molecule has 0 bridgehead atoms. The standard InChI is InChI=1S/C25H30F3N3O/c1-24(2,3)23(32)31-15-17-4-5-21(14-18(17)16-31)29-20-6-8-22(9-7-20)30-12-10-19(11-13-30)25(26,27)28/h4-9,14,19,29H,10-13,15-16H2,1-3H3. The van der Waals surface area contributed by atoms with Crippen LogP contribution in [-0.2, 0) is 17.9 Å². The molecule has 0 atom stereocenters. The van der Waals surface area contributed by atoms with Gasteiger partial charge in [-0.15, -0.1) is 0 Å². The summed E-state index contributed by atoms with van der Waals surface area (Å²) in [5, 5.41) is 3.39. The van der Waals surface area contributed by atoms with Crippen LogP contribution in [0.5, 0.6) is 0 Å². The lowest BCUT2D eigenvalue weighted by atomic mass is 9.95. The number of carbonyl (C=O) groups excluding carboxylic acids is 1. The first-order chi connectivity index (χ1) is 15.0. The average Bonchev–Trinajstić information content (AvgIpc) is 3.16. The molecule has 1 amide bonds. The van der Waals surface area contributed by atoms with E-state index in [0.717, 1.165) is 22.6 Å². The number of piperidine rings is 1. The minimum atomic E-state index is -4.09. The van der Waals surface area contributed by atoms with E-state index < -0.39 is 17.5 Å². The zero-order valence-electron chi connectivity index (χ0n) is 18.8. The Morgan fingerprint density at radius 1 is 0.906 bits per heavy atom. The van der Waals surface area contributed by atoms with E-state index in [0.29, 0.717) is 26.2 Å². The number of alkyl halides is 3. The van der Waals surface area contributed by atoms with E-state index in [1.54, 1.807) is 0 Å². The van der Waals surface area contributed by atoms with Gasteiger partial charge in [0.2, 0.25) is 5.91 Å². The van der Waals surface area contributed by atoms with Crippen molar-refractivity contribution in [3.05, 3.63) is 53.6 Å². The van der Waals surface area contributed by atoms with E-state index in [1.807, 2.05) is 60.9 Å². The van der Waals surface area contributed by atoms with Crippen LogP contribution in [0.2, 0.25) is 0 Å². The highest BCUT2D eigenvalue weighted by atomic mass is 19.4. The van der Waals surface area contributed by atoms with Crippen LogP contribution in [0.4, 0.5) is 30.2 Å². The average molecular weight is 446 g/mol. The van der Waals surface area contributed by atoms with Gasteiger partial charge in [-0.2, -0.15) is 13.2 Å². The smallest absolute Gasteiger partial charge is 0.372 e. The van der Waals surface area contributed by atoms with Gasteiger partial charge >= 0.3 is 6.18 Å². The Labute approximate surface area is 187 Å². The molecule has 1 N–H and O–H groups in total. The van der Waals surface area contributed by atoms with Gasteiger partial charge in [0.15, 0.2) is 0 Å². The largest absolute Gasteiger partial charge is 0.391 e. The number of halogens is 3. The predicted octanol–water partition coefficient (Wildman–Crippen LogP) is 6.10. The molecule has 7 heteroatoms. The van der Waals surface area contributed by atoms with Crippen LogP contribution in [-0.4, -0.2) is 30.1 Å². The second-order valence-electron chi connectivity index (χ2n) is 9.87. The van der Waals surface area contributed by atoms with Crippen molar-refractivity contribution in [3.8, 4) is 0 Å². The van der Waals surface area contributed by atoms with Crippen LogP contribution in [0.1, 0.15) is 44.7 Å². The van der Waals surface area contributed by atoms with Crippen molar-refractivity contribution in [2.75, 3.05) is 23.3 Å². The minimum absolute atomic E-state index is 0.146. The molecule has 0 aromatic heterocycles. The normalized spacial score (nSPS) is 17.4. The zero-order valence-corrected chi connectivity index (χ0v) is 18.8. The maximum absolute atomic E-state index is 12.9. The molecule has 2 aromatic rings. The molecule has 2 aliphatic rings. The summed E-state index contributed by atoms with van der Waals surface area (Å²) < 4.78 is 38.6. The molecule has 0 unspecified atom stereocenters. The monoisotopic (exact) mass is 445 g/mol. The molecule has 0 saturated carbocycles. The first-order valence-corrected chi connectivity index (χ1v) is 11.1. The van der Waals surface area contributed by atoms with Crippen LogP contribution in [0.25, 0.3) is 0 Å². The Morgan fingerprint density at radius 3 is 2.09 bits per heavy atom. The Bertz CT molecular complexity index is 971. The van der Waals surface area contributed by atoms with Gasteiger partial charge in [-0.25, -0.2) is 0 Å². The molecule has 1 fully saturated rings. The fraction of sp³-hybridized carbons (Fsp3) is 0.480. The Kier molecular flexibility index (Phi) is 5.86. The first kappa shape index (κ1) is 22.5. The number of amides is 1. The summed E-state index contributed by atoms with van der Waals surface area (Å²) >= 11 is 0. The first-order valence-electron chi connectivity index (χ1n) is 11.1. The second-order valence-corrected chi connectivity index (χ2v) is 9.87. The number of fused-ring (bicyclic) bond motifs is 1. The lowest BCUT2D eigenvalue weighted by Crippen LogP contribution is -2.38. The molecule has 2 aromatic carbocycles. The van der Waals surface area contributed by atoms with Gasteiger partial charge in [-0.1, -0.05) is 26.8 Å². The van der Waals surface area contributed by atoms with Crippen LogP contribution < -0.4 is 10.2 Å². The number of carbonyl (C=O) groups is 1. The van der Waals surface area contributed by atoms with Crippen LogP contribution in [0, 0.1) is 11.3 Å². The fourth-order valence-corrected chi connectivity index (χ4v) is 4.48.